The summed E-state index contributed by atoms with van der Waals surface area (Å²) in [4.78, 5) is 0. The first-order valence-corrected chi connectivity index (χ1v) is 29.0. The van der Waals surface area contributed by atoms with Gasteiger partial charge in [-0.25, -0.2) is 0 Å². The van der Waals surface area contributed by atoms with E-state index in [9.17, 15) is 0 Å². The highest BCUT2D eigenvalue weighted by Crippen LogP contribution is 2.49. The molecule has 0 aromatic rings. The first-order chi connectivity index (χ1) is 19.3. The van der Waals surface area contributed by atoms with Crippen molar-refractivity contribution in [2.24, 2.45) is 53.3 Å². The second kappa shape index (κ2) is 11.7. The highest BCUT2D eigenvalue weighted by molar-refractivity contribution is 6.89. The highest BCUT2D eigenvalue weighted by Gasteiger charge is 2.48. The first-order valence-electron chi connectivity index (χ1n) is 17.4. The normalized spacial score (nSPS) is 38.6. The molecule has 6 bridgehead atoms. The van der Waals surface area contributed by atoms with Crippen LogP contribution in [0.4, 0.5) is 0 Å². The van der Waals surface area contributed by atoms with Crippen LogP contribution in [0.25, 0.3) is 0 Å². The van der Waals surface area contributed by atoms with E-state index in [1.807, 2.05) is 0 Å². The Morgan fingerprint density at radius 3 is 1.22 bits per heavy atom. The van der Waals surface area contributed by atoms with Gasteiger partial charge in [0.15, 0.2) is 16.6 Å². The molecule has 0 heterocycles. The zero-order valence-corrected chi connectivity index (χ0v) is 31.4. The highest BCUT2D eigenvalue weighted by atomic mass is 28.5. The molecule has 3 fully saturated rings. The van der Waals surface area contributed by atoms with Crippen molar-refractivity contribution in [2.45, 2.75) is 122 Å². The van der Waals surface area contributed by atoms with Crippen molar-refractivity contribution in [3.8, 4) is 0 Å². The van der Waals surface area contributed by atoms with Gasteiger partial charge in [-0.2, -0.15) is 0 Å². The van der Waals surface area contributed by atoms with Crippen molar-refractivity contribution in [3.05, 3.63) is 36.5 Å². The maximum absolute atomic E-state index is 7.41. The second-order valence-electron chi connectivity index (χ2n) is 17.1. The molecule has 0 aromatic carbocycles. The predicted octanol–water partition coefficient (Wildman–Crippen LogP) is 10.0. The molecule has 0 spiro atoms. The largest absolute Gasteiger partial charge is 0.436 e. The number of allylic oxidation sites excluding steroid dienone is 6. The SMILES string of the molecule is C[Si](C)(CCC1CC2C=CC1C2)O[Si](C)(C)O[Si](C)(CCC1CC2C=CC1C2)O[Si](C)(C)CCC1CC2C=CC1C2. The Hall–Kier alpha value is -0.0325. The third-order valence-corrected chi connectivity index (χ3v) is 27.9. The van der Waals surface area contributed by atoms with E-state index in [1.165, 1.54) is 69.9 Å². The molecule has 230 valence electrons. The van der Waals surface area contributed by atoms with Gasteiger partial charge in [0.2, 0.25) is 0 Å². The van der Waals surface area contributed by atoms with E-state index in [4.69, 9.17) is 12.3 Å². The van der Waals surface area contributed by atoms with Crippen molar-refractivity contribution in [2.75, 3.05) is 0 Å². The minimum absolute atomic E-state index is 0.808. The lowest BCUT2D eigenvalue weighted by Gasteiger charge is -2.43. The zero-order valence-electron chi connectivity index (χ0n) is 27.4. The van der Waals surface area contributed by atoms with Gasteiger partial charge in [0, 0.05) is 0 Å². The number of hydrogen-bond donors (Lipinski definition) is 0. The third kappa shape index (κ3) is 7.62. The molecule has 10 atom stereocenters. The lowest BCUT2D eigenvalue weighted by Crippen LogP contribution is -2.57. The van der Waals surface area contributed by atoms with E-state index in [1.54, 1.807) is 0 Å². The van der Waals surface area contributed by atoms with Crippen LogP contribution in [0.2, 0.25) is 64.0 Å². The molecule has 10 unspecified atom stereocenters. The summed E-state index contributed by atoms with van der Waals surface area (Å²) in [5.74, 6) is 7.69. The topological polar surface area (TPSA) is 27.7 Å². The Morgan fingerprint density at radius 1 is 0.463 bits per heavy atom. The fourth-order valence-electron chi connectivity index (χ4n) is 10.2. The molecule has 7 heteroatoms. The van der Waals surface area contributed by atoms with E-state index >= 15 is 0 Å². The molecule has 41 heavy (non-hydrogen) atoms. The quantitative estimate of drug-likeness (QED) is 0.133. The van der Waals surface area contributed by atoms with Gasteiger partial charge < -0.3 is 12.3 Å². The Balaban J connectivity index is 1.07. The van der Waals surface area contributed by atoms with Crippen LogP contribution in [0.15, 0.2) is 36.5 Å². The molecule has 0 N–H and O–H groups in total. The van der Waals surface area contributed by atoms with Gasteiger partial charge in [-0.1, -0.05) is 49.3 Å². The van der Waals surface area contributed by atoms with Crippen LogP contribution in [0.5, 0.6) is 0 Å². The minimum atomic E-state index is -2.39. The second-order valence-corrected chi connectivity index (χ2v) is 33.2. The van der Waals surface area contributed by atoms with Gasteiger partial charge in [-0.3, -0.25) is 0 Å². The van der Waals surface area contributed by atoms with Crippen LogP contribution in [0.1, 0.15) is 57.8 Å². The van der Waals surface area contributed by atoms with Crippen LogP contribution in [0.3, 0.4) is 0 Å². The summed E-state index contributed by atoms with van der Waals surface area (Å²) in [6, 6.07) is 3.68. The molecule has 6 aliphatic rings. The summed E-state index contributed by atoms with van der Waals surface area (Å²) in [6.45, 7) is 17.0. The van der Waals surface area contributed by atoms with Crippen LogP contribution in [0, 0.1) is 53.3 Å². The lowest BCUT2D eigenvalue weighted by atomic mass is 9.91. The molecule has 0 aromatic heterocycles. The van der Waals surface area contributed by atoms with Gasteiger partial charge in [-0.15, -0.1) is 0 Å². The molecular weight excluding hydrogens is 569 g/mol. The van der Waals surface area contributed by atoms with Crippen LogP contribution < -0.4 is 0 Å². The van der Waals surface area contributed by atoms with Crippen LogP contribution in [-0.4, -0.2) is 33.8 Å². The smallest absolute Gasteiger partial charge is 0.315 e. The summed E-state index contributed by atoms with van der Waals surface area (Å²) in [5.41, 5.74) is 0. The summed E-state index contributed by atoms with van der Waals surface area (Å²) >= 11 is 0. The summed E-state index contributed by atoms with van der Waals surface area (Å²) in [7, 11) is -8.40. The fraction of sp³-hybridized carbons (Fsp3) is 0.824. The van der Waals surface area contributed by atoms with E-state index in [0.29, 0.717) is 0 Å². The van der Waals surface area contributed by atoms with E-state index < -0.39 is 33.8 Å². The molecule has 6 aliphatic carbocycles. The molecule has 3 nitrogen and oxygen atoms in total. The first kappa shape index (κ1) is 31.0. The average molecular weight is 629 g/mol. The van der Waals surface area contributed by atoms with Gasteiger partial charge in [0.05, 0.1) is 0 Å². The lowest BCUT2D eigenvalue weighted by molar-refractivity contribution is 0.308. The molecule has 0 saturated heterocycles. The maximum Gasteiger partial charge on any atom is 0.315 e. The number of fused-ring (bicyclic) bond motifs is 6. The predicted molar refractivity (Wildman–Crippen MR) is 182 cm³/mol. The van der Waals surface area contributed by atoms with E-state index in [-0.39, 0.29) is 0 Å². The van der Waals surface area contributed by atoms with Crippen molar-refractivity contribution < 1.29 is 12.3 Å². The van der Waals surface area contributed by atoms with Gasteiger partial charge in [-0.05, 0) is 162 Å². The van der Waals surface area contributed by atoms with Gasteiger partial charge >= 0.3 is 17.1 Å². The molecule has 3 saturated carbocycles. The van der Waals surface area contributed by atoms with Crippen LogP contribution in [-0.2, 0) is 12.3 Å². The Bertz CT molecular complexity index is 1040. The molecule has 0 amide bonds. The summed E-state index contributed by atoms with van der Waals surface area (Å²) < 4.78 is 21.9. The Kier molecular flexibility index (Phi) is 8.85. The van der Waals surface area contributed by atoms with Crippen LogP contribution >= 0.6 is 0 Å². The molecule has 6 rings (SSSR count). The van der Waals surface area contributed by atoms with Crippen molar-refractivity contribution in [1.82, 2.24) is 0 Å². The minimum Gasteiger partial charge on any atom is -0.436 e. The Morgan fingerprint density at radius 2 is 0.854 bits per heavy atom. The number of rotatable bonds is 15. The zero-order chi connectivity index (χ0) is 29.0. The third-order valence-electron chi connectivity index (χ3n) is 11.9. The van der Waals surface area contributed by atoms with E-state index in [2.05, 4.69) is 82.3 Å². The number of hydrogen-bond acceptors (Lipinski definition) is 3. The van der Waals surface area contributed by atoms with Crippen molar-refractivity contribution in [1.29, 1.82) is 0 Å². The molecule has 0 aliphatic heterocycles. The van der Waals surface area contributed by atoms with Crippen molar-refractivity contribution in [3.63, 3.8) is 0 Å². The summed E-state index contributed by atoms with van der Waals surface area (Å²) in [5, 5.41) is 0. The standard InChI is InChI=1S/C34H60O3Si4/c1-38(2,17-14-32-23-26-8-11-29(32)20-26)35-40(5,6)37-41(7,19-16-34-25-28-10-13-31(34)22-28)36-39(3,4)18-15-33-24-27-9-12-30(33)21-27/h8-13,26-34H,14-25H2,1-7H3. The van der Waals surface area contributed by atoms with Crippen molar-refractivity contribution >= 4 is 33.8 Å². The maximum atomic E-state index is 7.41. The van der Waals surface area contributed by atoms with Gasteiger partial charge in [0.1, 0.15) is 0 Å². The average Bonchev–Trinajstić information content (AvgIpc) is 3.72. The van der Waals surface area contributed by atoms with E-state index in [0.717, 1.165) is 59.3 Å². The van der Waals surface area contributed by atoms with Gasteiger partial charge in [0.25, 0.3) is 0 Å². The summed E-state index contributed by atoms with van der Waals surface area (Å²) in [6.07, 6.45) is 27.4. The molecular formula is C34H60O3Si4. The molecule has 0 radical (unpaired) electrons. The fourth-order valence-corrected chi connectivity index (χ4v) is 30.1. The monoisotopic (exact) mass is 628 g/mol. The Labute approximate surface area is 256 Å².